The predicted molar refractivity (Wildman–Crippen MR) is 233 cm³/mol. The molecular formula is C49H94O6. The first kappa shape index (κ1) is 53.4. The van der Waals surface area contributed by atoms with E-state index in [1.165, 1.54) is 167 Å². The van der Waals surface area contributed by atoms with E-state index in [2.05, 4.69) is 27.7 Å². The Hall–Kier alpha value is -1.59. The van der Waals surface area contributed by atoms with Crippen molar-refractivity contribution in [3.63, 3.8) is 0 Å². The van der Waals surface area contributed by atoms with Crippen LogP contribution in [0.2, 0.25) is 0 Å². The Balaban J connectivity index is 4.29. The highest BCUT2D eigenvalue weighted by Gasteiger charge is 2.19. The largest absolute Gasteiger partial charge is 0.462 e. The highest BCUT2D eigenvalue weighted by molar-refractivity contribution is 5.71. The summed E-state index contributed by atoms with van der Waals surface area (Å²) in [6, 6.07) is 0. The van der Waals surface area contributed by atoms with Crippen LogP contribution >= 0.6 is 0 Å². The molecule has 0 unspecified atom stereocenters. The number of rotatable bonds is 44. The summed E-state index contributed by atoms with van der Waals surface area (Å²) in [6.45, 7) is 8.99. The highest BCUT2D eigenvalue weighted by Crippen LogP contribution is 2.16. The molecule has 6 heteroatoms. The predicted octanol–water partition coefficient (Wildman–Crippen LogP) is 15.5. The Bertz CT molecular complexity index is 826. The van der Waals surface area contributed by atoms with E-state index < -0.39 is 6.10 Å². The van der Waals surface area contributed by atoms with Gasteiger partial charge >= 0.3 is 17.9 Å². The molecule has 0 spiro atoms. The molecule has 0 aliphatic rings. The summed E-state index contributed by atoms with van der Waals surface area (Å²) in [5.74, 6) is -0.0242. The van der Waals surface area contributed by atoms with Gasteiger partial charge in [0.25, 0.3) is 0 Å². The molecule has 0 amide bonds. The molecule has 0 bridgehead atoms. The van der Waals surface area contributed by atoms with Crippen LogP contribution in [0.1, 0.15) is 272 Å². The van der Waals surface area contributed by atoms with Crippen molar-refractivity contribution < 1.29 is 28.6 Å². The Labute approximate surface area is 342 Å². The Morgan fingerprint density at radius 2 is 0.600 bits per heavy atom. The van der Waals surface area contributed by atoms with E-state index in [1.807, 2.05) is 0 Å². The molecule has 0 fully saturated rings. The molecule has 1 atom stereocenters. The highest BCUT2D eigenvalue weighted by atomic mass is 16.6. The van der Waals surface area contributed by atoms with Crippen molar-refractivity contribution in [2.45, 2.75) is 278 Å². The third-order valence-electron chi connectivity index (χ3n) is 11.0. The number of ether oxygens (including phenoxy) is 3. The van der Waals surface area contributed by atoms with Gasteiger partial charge < -0.3 is 14.2 Å². The smallest absolute Gasteiger partial charge is 0.306 e. The average Bonchev–Trinajstić information content (AvgIpc) is 3.17. The monoisotopic (exact) mass is 779 g/mol. The van der Waals surface area contributed by atoms with Gasteiger partial charge in [0, 0.05) is 19.3 Å². The molecule has 0 radical (unpaired) electrons. The minimum atomic E-state index is -0.759. The van der Waals surface area contributed by atoms with Gasteiger partial charge in [0.15, 0.2) is 6.10 Å². The molecular weight excluding hydrogens is 685 g/mol. The van der Waals surface area contributed by atoms with Crippen LogP contribution in [0.25, 0.3) is 0 Å². The van der Waals surface area contributed by atoms with Crippen molar-refractivity contribution >= 4 is 17.9 Å². The lowest BCUT2D eigenvalue weighted by molar-refractivity contribution is -0.167. The van der Waals surface area contributed by atoms with Gasteiger partial charge in [-0.3, -0.25) is 14.4 Å². The molecule has 0 aromatic carbocycles. The van der Waals surface area contributed by atoms with Gasteiger partial charge in [-0.05, 0) is 25.2 Å². The topological polar surface area (TPSA) is 78.9 Å². The van der Waals surface area contributed by atoms with Gasteiger partial charge in [-0.15, -0.1) is 0 Å². The molecule has 0 saturated heterocycles. The lowest BCUT2D eigenvalue weighted by atomic mass is 10.0. The fourth-order valence-corrected chi connectivity index (χ4v) is 7.33. The van der Waals surface area contributed by atoms with Gasteiger partial charge in [-0.2, -0.15) is 0 Å². The molecule has 0 aliphatic carbocycles. The summed E-state index contributed by atoms with van der Waals surface area (Å²) < 4.78 is 16.7. The fourth-order valence-electron chi connectivity index (χ4n) is 7.33. The molecule has 0 aromatic heterocycles. The second-order valence-electron chi connectivity index (χ2n) is 17.2. The van der Waals surface area contributed by atoms with Gasteiger partial charge in [-0.1, -0.05) is 233 Å². The summed E-state index contributed by atoms with van der Waals surface area (Å²) in [4.78, 5) is 37.8. The summed E-state index contributed by atoms with van der Waals surface area (Å²) in [5.41, 5.74) is 0. The van der Waals surface area contributed by atoms with Crippen LogP contribution in [0, 0.1) is 5.92 Å². The van der Waals surface area contributed by atoms with E-state index >= 15 is 0 Å². The molecule has 6 nitrogen and oxygen atoms in total. The SMILES string of the molecule is CCCCCCCCCCCCCCCCC(=O)O[C@H](COC(=O)CCCCCCCCCCC)COC(=O)CCCCCCCCCCCCCC(C)C. The van der Waals surface area contributed by atoms with E-state index in [0.29, 0.717) is 19.3 Å². The third kappa shape index (κ3) is 43.4. The maximum atomic E-state index is 12.7. The van der Waals surface area contributed by atoms with Crippen molar-refractivity contribution in [2.24, 2.45) is 5.92 Å². The van der Waals surface area contributed by atoms with Crippen molar-refractivity contribution in [2.75, 3.05) is 13.2 Å². The molecule has 0 aromatic rings. The number of carbonyl (C=O) groups is 3. The van der Waals surface area contributed by atoms with E-state index in [9.17, 15) is 14.4 Å². The maximum absolute atomic E-state index is 12.7. The Kier molecular flexibility index (Phi) is 42.3. The van der Waals surface area contributed by atoms with Gasteiger partial charge in [0.05, 0.1) is 0 Å². The van der Waals surface area contributed by atoms with E-state index in [4.69, 9.17) is 14.2 Å². The first-order valence-electron chi connectivity index (χ1n) is 24.4. The summed E-state index contributed by atoms with van der Waals surface area (Å²) in [7, 11) is 0. The van der Waals surface area contributed by atoms with E-state index in [0.717, 1.165) is 63.7 Å². The van der Waals surface area contributed by atoms with Crippen molar-refractivity contribution in [3.8, 4) is 0 Å². The van der Waals surface area contributed by atoms with Crippen LogP contribution in [0.4, 0.5) is 0 Å². The Morgan fingerprint density at radius 3 is 0.891 bits per heavy atom. The third-order valence-corrected chi connectivity index (χ3v) is 11.0. The van der Waals surface area contributed by atoms with Crippen LogP contribution in [0.3, 0.4) is 0 Å². The summed E-state index contributed by atoms with van der Waals surface area (Å²) in [6.07, 6.45) is 43.7. The molecule has 0 aliphatic heterocycles. The maximum Gasteiger partial charge on any atom is 0.306 e. The van der Waals surface area contributed by atoms with Gasteiger partial charge in [-0.25, -0.2) is 0 Å². The fraction of sp³-hybridized carbons (Fsp3) is 0.939. The van der Waals surface area contributed by atoms with Crippen molar-refractivity contribution in [3.05, 3.63) is 0 Å². The minimum absolute atomic E-state index is 0.0634. The average molecular weight is 779 g/mol. The number of hydrogen-bond acceptors (Lipinski definition) is 6. The summed E-state index contributed by atoms with van der Waals surface area (Å²) >= 11 is 0. The standard InChI is InChI=1S/C49H94O6/c1-5-7-9-11-13-15-16-17-18-21-26-30-34-38-42-49(52)55-46(43-53-47(50)40-36-32-28-23-14-12-10-8-6-2)44-54-48(51)41-37-33-29-25-22-19-20-24-27-31-35-39-45(3)4/h45-46H,5-44H2,1-4H3/t46-/m1/s1. The van der Waals surface area contributed by atoms with Crippen LogP contribution in [0.15, 0.2) is 0 Å². The van der Waals surface area contributed by atoms with Gasteiger partial charge in [0.2, 0.25) is 0 Å². The quantitative estimate of drug-likeness (QED) is 0.0348. The first-order valence-corrected chi connectivity index (χ1v) is 24.4. The first-order chi connectivity index (χ1) is 26.9. The van der Waals surface area contributed by atoms with Crippen molar-refractivity contribution in [1.29, 1.82) is 0 Å². The molecule has 326 valence electrons. The molecule has 0 rings (SSSR count). The van der Waals surface area contributed by atoms with Crippen LogP contribution in [0.5, 0.6) is 0 Å². The number of hydrogen-bond donors (Lipinski definition) is 0. The lowest BCUT2D eigenvalue weighted by Gasteiger charge is -2.18. The molecule has 55 heavy (non-hydrogen) atoms. The van der Waals surface area contributed by atoms with Crippen molar-refractivity contribution in [1.82, 2.24) is 0 Å². The van der Waals surface area contributed by atoms with Crippen LogP contribution in [-0.4, -0.2) is 37.2 Å². The number of carbonyl (C=O) groups excluding carboxylic acids is 3. The van der Waals surface area contributed by atoms with Crippen LogP contribution < -0.4 is 0 Å². The van der Waals surface area contributed by atoms with Crippen LogP contribution in [-0.2, 0) is 28.6 Å². The zero-order chi connectivity index (χ0) is 40.3. The normalized spacial score (nSPS) is 11.9. The molecule has 0 heterocycles. The van der Waals surface area contributed by atoms with E-state index in [1.54, 1.807) is 0 Å². The Morgan fingerprint density at radius 1 is 0.345 bits per heavy atom. The second-order valence-corrected chi connectivity index (χ2v) is 17.2. The van der Waals surface area contributed by atoms with E-state index in [-0.39, 0.29) is 31.1 Å². The zero-order valence-corrected chi connectivity index (χ0v) is 37.4. The number of esters is 3. The molecule has 0 N–H and O–H groups in total. The second kappa shape index (κ2) is 43.5. The molecule has 0 saturated carbocycles. The summed E-state index contributed by atoms with van der Waals surface area (Å²) in [5, 5.41) is 0. The van der Waals surface area contributed by atoms with Gasteiger partial charge in [0.1, 0.15) is 13.2 Å². The zero-order valence-electron chi connectivity index (χ0n) is 37.4. The number of unbranched alkanes of at least 4 members (excludes halogenated alkanes) is 31. The minimum Gasteiger partial charge on any atom is -0.462 e. The lowest BCUT2D eigenvalue weighted by Crippen LogP contribution is -2.30.